The second-order valence-electron chi connectivity index (χ2n) is 12.4. The molecule has 0 saturated heterocycles. The van der Waals surface area contributed by atoms with Crippen molar-refractivity contribution < 1.29 is 38.1 Å². The molecule has 4 rings (SSSR count). The fourth-order valence-electron chi connectivity index (χ4n) is 8.09. The van der Waals surface area contributed by atoms with Gasteiger partial charge in [-0.1, -0.05) is 46.6 Å². The third-order valence-electron chi connectivity index (χ3n) is 10.4. The Balaban J connectivity index is 1.73. The van der Waals surface area contributed by atoms with Gasteiger partial charge in [0.2, 0.25) is 12.1 Å². The zero-order valence-corrected chi connectivity index (χ0v) is 23.4. The number of hydrogen-bond acceptors (Lipinski definition) is 6. The molecule has 8 heteroatoms. The Hall–Kier alpha value is -1.48. The molecule has 0 bridgehead atoms. The molecule has 2 N–H and O–H groups in total. The first kappa shape index (κ1) is 29.5. The van der Waals surface area contributed by atoms with Gasteiger partial charge in [0.15, 0.2) is 11.5 Å². The highest BCUT2D eigenvalue weighted by atomic mass is 19.1. The van der Waals surface area contributed by atoms with Gasteiger partial charge in [-0.3, -0.25) is 9.59 Å². The van der Waals surface area contributed by atoms with Gasteiger partial charge in [0, 0.05) is 29.6 Å². The number of unbranched alkanes of at least 4 members (excludes halogenated alkanes) is 2. The Labute approximate surface area is 224 Å². The van der Waals surface area contributed by atoms with Gasteiger partial charge in [-0.05, 0) is 56.1 Å². The van der Waals surface area contributed by atoms with Crippen molar-refractivity contribution in [1.82, 2.24) is 0 Å². The predicted octanol–water partition coefficient (Wildman–Crippen LogP) is 5.16. The molecule has 38 heavy (non-hydrogen) atoms. The molecule has 0 aromatic heterocycles. The number of aliphatic hydroxyl groups is 2. The number of ether oxygens (including phenoxy) is 2. The van der Waals surface area contributed by atoms with Crippen LogP contribution in [0.3, 0.4) is 0 Å². The van der Waals surface area contributed by atoms with E-state index < -0.39 is 63.9 Å². The first-order valence-electron chi connectivity index (χ1n) is 14.3. The van der Waals surface area contributed by atoms with E-state index in [1.165, 1.54) is 12.2 Å². The van der Waals surface area contributed by atoms with Crippen LogP contribution in [-0.4, -0.2) is 58.7 Å². The Morgan fingerprint density at radius 3 is 2.34 bits per heavy atom. The fourth-order valence-corrected chi connectivity index (χ4v) is 8.09. The van der Waals surface area contributed by atoms with Gasteiger partial charge in [-0.2, -0.15) is 0 Å². The van der Waals surface area contributed by atoms with Gasteiger partial charge in [0.05, 0.1) is 19.3 Å². The molecule has 0 radical (unpaired) electrons. The van der Waals surface area contributed by atoms with Crippen molar-refractivity contribution in [3.8, 4) is 0 Å². The number of halogens is 2. The number of Topliss-reactive ketones (excluding diaryl/α,β-unsaturated/α-hetero) is 1. The van der Waals surface area contributed by atoms with Gasteiger partial charge < -0.3 is 19.7 Å². The van der Waals surface area contributed by atoms with Crippen molar-refractivity contribution in [2.24, 2.45) is 28.6 Å². The topological polar surface area (TPSA) is 93.1 Å². The largest absolute Gasteiger partial charge is 0.390 e. The monoisotopic (exact) mass is 538 g/mol. The molecule has 8 atom stereocenters. The molecule has 0 aromatic carbocycles. The third kappa shape index (κ3) is 4.08. The van der Waals surface area contributed by atoms with Crippen LogP contribution in [0.15, 0.2) is 23.6 Å². The maximum atomic E-state index is 17.4. The molecule has 4 aliphatic carbocycles. The van der Waals surface area contributed by atoms with Crippen molar-refractivity contribution >= 4 is 11.6 Å². The van der Waals surface area contributed by atoms with E-state index in [2.05, 4.69) is 0 Å². The lowest BCUT2D eigenvalue weighted by atomic mass is 9.45. The predicted molar refractivity (Wildman–Crippen MR) is 138 cm³/mol. The molecule has 2 saturated carbocycles. The number of fused-ring (bicyclic) bond motifs is 5. The number of carbonyl (C=O) groups excluding carboxylic acids is 2. The van der Waals surface area contributed by atoms with Crippen LogP contribution in [0, 0.1) is 28.6 Å². The van der Waals surface area contributed by atoms with E-state index in [-0.39, 0.29) is 30.6 Å². The number of carbonyl (C=O) groups is 2. The summed E-state index contributed by atoms with van der Waals surface area (Å²) in [4.78, 5) is 26.1. The van der Waals surface area contributed by atoms with Gasteiger partial charge in [-0.25, -0.2) is 8.78 Å². The first-order valence-corrected chi connectivity index (χ1v) is 14.3. The van der Waals surface area contributed by atoms with E-state index in [0.29, 0.717) is 19.6 Å². The van der Waals surface area contributed by atoms with Gasteiger partial charge in [-0.15, -0.1) is 0 Å². The average molecular weight is 539 g/mol. The zero-order valence-electron chi connectivity index (χ0n) is 23.4. The van der Waals surface area contributed by atoms with Crippen molar-refractivity contribution in [2.75, 3.05) is 13.2 Å². The summed E-state index contributed by atoms with van der Waals surface area (Å²) in [6.45, 7) is 9.63. The minimum Gasteiger partial charge on any atom is -0.390 e. The number of ketones is 2. The standard InChI is InChI=1S/C30H44F2O6/c1-6-8-12-37-26(38-13-9-7-2)25(35)30(36)18(3)14-20-21-16-23(31)22-15-19(33)10-11-27(22,4)29(21,32)24(34)17-28(20,30)5/h10-11,18,20-21,24,26,34,36H,6-9,12-17H2,1-5H3/t18-,20+,21+,24+,27+,28+,29+,30+/m1/s1. The van der Waals surface area contributed by atoms with Gasteiger partial charge in [0.25, 0.3) is 0 Å². The summed E-state index contributed by atoms with van der Waals surface area (Å²) < 4.78 is 44.6. The van der Waals surface area contributed by atoms with E-state index in [0.717, 1.165) is 25.7 Å². The summed E-state index contributed by atoms with van der Waals surface area (Å²) in [6.07, 6.45) is 2.63. The third-order valence-corrected chi connectivity index (χ3v) is 10.4. The summed E-state index contributed by atoms with van der Waals surface area (Å²) >= 11 is 0. The quantitative estimate of drug-likeness (QED) is 0.295. The van der Waals surface area contributed by atoms with Crippen molar-refractivity contribution in [1.29, 1.82) is 0 Å². The molecule has 0 heterocycles. The van der Waals surface area contributed by atoms with Crippen LogP contribution >= 0.6 is 0 Å². The Morgan fingerprint density at radius 1 is 1.16 bits per heavy atom. The van der Waals surface area contributed by atoms with Crippen LogP contribution in [0.1, 0.15) is 86.0 Å². The highest BCUT2D eigenvalue weighted by Crippen LogP contribution is 2.71. The lowest BCUT2D eigenvalue weighted by Gasteiger charge is -2.62. The lowest BCUT2D eigenvalue weighted by molar-refractivity contribution is -0.229. The lowest BCUT2D eigenvalue weighted by Crippen LogP contribution is -2.70. The molecule has 2 fully saturated rings. The molecule has 214 valence electrons. The van der Waals surface area contributed by atoms with Gasteiger partial charge >= 0.3 is 0 Å². The fraction of sp³-hybridized carbons (Fsp3) is 0.800. The van der Waals surface area contributed by atoms with Crippen LogP contribution in [0.4, 0.5) is 8.78 Å². The molecule has 0 spiro atoms. The molecule has 0 aromatic rings. The highest BCUT2D eigenvalue weighted by Gasteiger charge is 2.76. The summed E-state index contributed by atoms with van der Waals surface area (Å²) in [5.41, 5.74) is -6.83. The minimum atomic E-state index is -2.25. The average Bonchev–Trinajstić information content (AvgIpc) is 3.07. The second kappa shape index (κ2) is 10.5. The Morgan fingerprint density at radius 2 is 1.76 bits per heavy atom. The summed E-state index contributed by atoms with van der Waals surface area (Å²) in [6, 6.07) is 0. The summed E-state index contributed by atoms with van der Waals surface area (Å²) in [7, 11) is 0. The molecule has 0 amide bonds. The van der Waals surface area contributed by atoms with Gasteiger partial charge in [0.1, 0.15) is 11.4 Å². The number of rotatable bonds is 10. The summed E-state index contributed by atoms with van der Waals surface area (Å²) in [5, 5.41) is 23.7. The summed E-state index contributed by atoms with van der Waals surface area (Å²) in [5.74, 6) is -3.58. The number of alkyl halides is 1. The number of hydrogen-bond donors (Lipinski definition) is 2. The van der Waals surface area contributed by atoms with Crippen molar-refractivity contribution in [3.05, 3.63) is 23.6 Å². The van der Waals surface area contributed by atoms with E-state index >= 15 is 8.78 Å². The van der Waals surface area contributed by atoms with E-state index in [1.807, 2.05) is 13.8 Å². The maximum Gasteiger partial charge on any atom is 0.220 e. The Bertz CT molecular complexity index is 1000. The molecule has 0 aliphatic heterocycles. The molecule has 4 aliphatic rings. The smallest absolute Gasteiger partial charge is 0.220 e. The number of aliphatic hydroxyl groups excluding tert-OH is 1. The molecule has 0 unspecified atom stereocenters. The van der Waals surface area contributed by atoms with Crippen LogP contribution in [0.25, 0.3) is 0 Å². The minimum absolute atomic E-state index is 0.0949. The van der Waals surface area contributed by atoms with E-state index in [9.17, 15) is 19.8 Å². The first-order chi connectivity index (χ1) is 17.8. The zero-order chi connectivity index (χ0) is 28.1. The van der Waals surface area contributed by atoms with Crippen molar-refractivity contribution in [2.45, 2.75) is 110 Å². The van der Waals surface area contributed by atoms with Crippen LogP contribution in [-0.2, 0) is 19.1 Å². The van der Waals surface area contributed by atoms with Crippen LogP contribution < -0.4 is 0 Å². The van der Waals surface area contributed by atoms with E-state index in [1.54, 1.807) is 20.8 Å². The van der Waals surface area contributed by atoms with Crippen LogP contribution in [0.2, 0.25) is 0 Å². The van der Waals surface area contributed by atoms with E-state index in [4.69, 9.17) is 9.47 Å². The normalized spacial score (nSPS) is 42.3. The van der Waals surface area contributed by atoms with Crippen molar-refractivity contribution in [3.63, 3.8) is 0 Å². The maximum absolute atomic E-state index is 17.4. The molecular formula is C30H44F2O6. The molecular weight excluding hydrogens is 494 g/mol. The number of allylic oxidation sites excluding steroid dienone is 4. The molecule has 6 nitrogen and oxygen atoms in total. The Kier molecular flexibility index (Phi) is 8.14. The highest BCUT2D eigenvalue weighted by molar-refractivity contribution is 5.94. The second-order valence-corrected chi connectivity index (χ2v) is 12.4. The SMILES string of the molecule is CCCCOC(OCCCC)C(=O)[C@@]1(O)[C@H](C)C[C@H]2[C@@H]3CC(F)=C4CC(=O)C=C[C@]4(C)[C@@]3(F)[C@@H](O)C[C@@]21C. The van der Waals surface area contributed by atoms with Crippen LogP contribution in [0.5, 0.6) is 0 Å².